The van der Waals surface area contributed by atoms with Crippen LogP contribution >= 0.6 is 0 Å². The molecule has 0 saturated carbocycles. The van der Waals surface area contributed by atoms with Gasteiger partial charge in [-0.05, 0) is 25.8 Å². The highest BCUT2D eigenvalue weighted by Gasteiger charge is 2.25. The largest absolute Gasteiger partial charge is 0.392 e. The van der Waals surface area contributed by atoms with Crippen molar-refractivity contribution in [1.29, 1.82) is 0 Å². The summed E-state index contributed by atoms with van der Waals surface area (Å²) in [5, 5.41) is 2.91. The van der Waals surface area contributed by atoms with E-state index in [2.05, 4.69) is 14.8 Å². The summed E-state index contributed by atoms with van der Waals surface area (Å²) < 4.78 is 8.95. The molecule has 0 radical (unpaired) electrons. The van der Waals surface area contributed by atoms with Crippen molar-refractivity contribution in [2.45, 2.75) is 38.1 Å². The van der Waals surface area contributed by atoms with Crippen molar-refractivity contribution < 1.29 is 28.7 Å². The van der Waals surface area contributed by atoms with Crippen LogP contribution in [0.2, 0.25) is 0 Å². The number of esters is 4. The number of nitrogens with two attached hydrogens (primary N) is 1. The first-order valence-corrected chi connectivity index (χ1v) is 6.44. The Morgan fingerprint density at radius 1 is 1.05 bits per heavy atom. The van der Waals surface area contributed by atoms with Crippen LogP contribution in [0.15, 0.2) is 0 Å². The van der Waals surface area contributed by atoms with E-state index in [4.69, 9.17) is 5.73 Å². The molecule has 0 unspecified atom stereocenters. The summed E-state index contributed by atoms with van der Waals surface area (Å²) in [6, 6.07) is -0.425. The van der Waals surface area contributed by atoms with Gasteiger partial charge in [0.2, 0.25) is 0 Å². The number of ether oxygens (including phenoxy) is 2. The molecule has 1 heterocycles. The van der Waals surface area contributed by atoms with Gasteiger partial charge in [0.05, 0.1) is 6.54 Å². The molecule has 3 N–H and O–H groups in total. The van der Waals surface area contributed by atoms with Crippen LogP contribution in [0.4, 0.5) is 0 Å². The fraction of sp³-hybridized carbons (Fsp3) is 0.667. The third-order valence-corrected chi connectivity index (χ3v) is 2.72. The number of hydrogen-bond donors (Lipinski definition) is 2. The summed E-state index contributed by atoms with van der Waals surface area (Å²) >= 11 is 0. The standard InChI is InChI=1S/C12H18N2O6/c13-7-11(17)19-9(15)4-1-5-10(16)20-12(18)8-3-2-6-14-8/h8,14H,1-7,13H2/t8-/m1/s1. The predicted octanol–water partition coefficient (Wildman–Crippen LogP) is -0.993. The quantitative estimate of drug-likeness (QED) is 0.471. The number of hydrogen-bond acceptors (Lipinski definition) is 8. The van der Waals surface area contributed by atoms with E-state index in [1.807, 2.05) is 0 Å². The molecule has 8 nitrogen and oxygen atoms in total. The van der Waals surface area contributed by atoms with Gasteiger partial charge in [-0.25, -0.2) is 4.79 Å². The normalized spacial score (nSPS) is 17.6. The van der Waals surface area contributed by atoms with Gasteiger partial charge >= 0.3 is 23.9 Å². The van der Waals surface area contributed by atoms with Gasteiger partial charge in [0, 0.05) is 12.8 Å². The highest BCUT2D eigenvalue weighted by molar-refractivity contribution is 5.89. The molecule has 8 heteroatoms. The lowest BCUT2D eigenvalue weighted by atomic mass is 10.2. The summed E-state index contributed by atoms with van der Waals surface area (Å²) in [4.78, 5) is 44.6. The number of carbonyl (C=O) groups excluding carboxylic acids is 4. The van der Waals surface area contributed by atoms with E-state index in [0.717, 1.165) is 13.0 Å². The smallest absolute Gasteiger partial charge is 0.330 e. The first-order valence-electron chi connectivity index (χ1n) is 6.44. The molecule has 0 spiro atoms. The molecule has 1 aliphatic rings. The molecular formula is C12H18N2O6. The minimum Gasteiger partial charge on any atom is -0.392 e. The van der Waals surface area contributed by atoms with E-state index in [9.17, 15) is 19.2 Å². The summed E-state index contributed by atoms with van der Waals surface area (Å²) in [6.45, 7) is 0.353. The van der Waals surface area contributed by atoms with Crippen LogP contribution in [0.25, 0.3) is 0 Å². The Morgan fingerprint density at radius 3 is 2.25 bits per heavy atom. The van der Waals surface area contributed by atoms with Gasteiger partial charge in [0.25, 0.3) is 0 Å². The van der Waals surface area contributed by atoms with Crippen LogP contribution in [-0.4, -0.2) is 43.0 Å². The van der Waals surface area contributed by atoms with Crippen LogP contribution < -0.4 is 11.1 Å². The fourth-order valence-electron chi connectivity index (χ4n) is 1.72. The number of nitrogens with one attached hydrogen (secondary N) is 1. The lowest BCUT2D eigenvalue weighted by molar-refractivity contribution is -0.161. The SMILES string of the molecule is NCC(=O)OC(=O)CCCC(=O)OC(=O)[C@H]1CCCN1. The Balaban J connectivity index is 2.15. The molecule has 1 atom stereocenters. The molecule has 1 saturated heterocycles. The van der Waals surface area contributed by atoms with Crippen molar-refractivity contribution in [3.63, 3.8) is 0 Å². The zero-order valence-corrected chi connectivity index (χ0v) is 11.1. The van der Waals surface area contributed by atoms with Crippen LogP contribution in [-0.2, 0) is 28.7 Å². The monoisotopic (exact) mass is 286 g/mol. The van der Waals surface area contributed by atoms with Crippen molar-refractivity contribution in [1.82, 2.24) is 5.32 Å². The summed E-state index contributed by atoms with van der Waals surface area (Å²) in [7, 11) is 0. The Kier molecular flexibility index (Phi) is 6.82. The topological polar surface area (TPSA) is 125 Å². The van der Waals surface area contributed by atoms with E-state index in [1.165, 1.54) is 0 Å². The highest BCUT2D eigenvalue weighted by atomic mass is 16.6. The fourth-order valence-corrected chi connectivity index (χ4v) is 1.72. The maximum absolute atomic E-state index is 11.5. The van der Waals surface area contributed by atoms with Gasteiger partial charge in [0.15, 0.2) is 0 Å². The summed E-state index contributed by atoms with van der Waals surface area (Å²) in [6.07, 6.45) is 1.45. The van der Waals surface area contributed by atoms with E-state index < -0.39 is 29.9 Å². The van der Waals surface area contributed by atoms with E-state index in [-0.39, 0.29) is 25.8 Å². The molecule has 0 aromatic heterocycles. The van der Waals surface area contributed by atoms with Gasteiger partial charge in [-0.15, -0.1) is 0 Å². The zero-order valence-electron chi connectivity index (χ0n) is 11.1. The van der Waals surface area contributed by atoms with Crippen molar-refractivity contribution in [3.05, 3.63) is 0 Å². The van der Waals surface area contributed by atoms with Gasteiger partial charge < -0.3 is 20.5 Å². The van der Waals surface area contributed by atoms with Crippen molar-refractivity contribution >= 4 is 23.9 Å². The van der Waals surface area contributed by atoms with Gasteiger partial charge in [0.1, 0.15) is 6.04 Å². The summed E-state index contributed by atoms with van der Waals surface area (Å²) in [5.41, 5.74) is 4.97. The average Bonchev–Trinajstić information content (AvgIpc) is 2.92. The Morgan fingerprint density at radius 2 is 1.70 bits per heavy atom. The molecule has 0 aromatic carbocycles. The average molecular weight is 286 g/mol. The maximum atomic E-state index is 11.5. The second-order valence-electron chi connectivity index (χ2n) is 4.35. The van der Waals surface area contributed by atoms with E-state index in [1.54, 1.807) is 0 Å². The van der Waals surface area contributed by atoms with Crippen molar-refractivity contribution in [2.75, 3.05) is 13.1 Å². The second-order valence-corrected chi connectivity index (χ2v) is 4.35. The Labute approximate surface area is 116 Å². The molecule has 1 rings (SSSR count). The molecule has 112 valence electrons. The van der Waals surface area contributed by atoms with Crippen molar-refractivity contribution in [3.8, 4) is 0 Å². The first-order chi connectivity index (χ1) is 9.52. The molecular weight excluding hydrogens is 268 g/mol. The molecule has 0 amide bonds. The second kappa shape index (κ2) is 8.39. The minimum atomic E-state index is -0.819. The maximum Gasteiger partial charge on any atom is 0.330 e. The van der Waals surface area contributed by atoms with Crippen molar-refractivity contribution in [2.24, 2.45) is 5.73 Å². The van der Waals surface area contributed by atoms with Gasteiger partial charge in [-0.1, -0.05) is 0 Å². The molecule has 20 heavy (non-hydrogen) atoms. The number of rotatable bonds is 6. The highest BCUT2D eigenvalue weighted by Crippen LogP contribution is 2.08. The van der Waals surface area contributed by atoms with Crippen LogP contribution in [0.5, 0.6) is 0 Å². The minimum absolute atomic E-state index is 0.0929. The Bertz CT molecular complexity index is 389. The third kappa shape index (κ3) is 5.89. The molecule has 1 aliphatic heterocycles. The van der Waals surface area contributed by atoms with Gasteiger partial charge in [-0.2, -0.15) is 0 Å². The molecule has 0 aliphatic carbocycles. The predicted molar refractivity (Wildman–Crippen MR) is 66.1 cm³/mol. The lowest BCUT2D eigenvalue weighted by Gasteiger charge is -2.08. The van der Waals surface area contributed by atoms with Crippen LogP contribution in [0, 0.1) is 0 Å². The first kappa shape index (κ1) is 16.3. The summed E-state index contributed by atoms with van der Waals surface area (Å²) in [5.74, 6) is -2.85. The molecule has 0 aromatic rings. The van der Waals surface area contributed by atoms with E-state index >= 15 is 0 Å². The zero-order chi connectivity index (χ0) is 15.0. The van der Waals surface area contributed by atoms with Crippen LogP contribution in [0.1, 0.15) is 32.1 Å². The molecule has 0 bridgehead atoms. The Hall–Kier alpha value is -1.80. The third-order valence-electron chi connectivity index (χ3n) is 2.72. The van der Waals surface area contributed by atoms with Gasteiger partial charge in [-0.3, -0.25) is 14.4 Å². The van der Waals surface area contributed by atoms with E-state index in [0.29, 0.717) is 6.42 Å². The van der Waals surface area contributed by atoms with Crippen LogP contribution in [0.3, 0.4) is 0 Å². The lowest BCUT2D eigenvalue weighted by Crippen LogP contribution is -2.33. The molecule has 1 fully saturated rings. The number of carbonyl (C=O) groups is 4.